The van der Waals surface area contributed by atoms with Crippen molar-refractivity contribution in [1.29, 1.82) is 0 Å². The first-order valence-corrected chi connectivity index (χ1v) is 9.57. The van der Waals surface area contributed by atoms with Crippen molar-refractivity contribution in [3.8, 4) is 5.69 Å². The van der Waals surface area contributed by atoms with E-state index in [9.17, 15) is 17.6 Å². The Morgan fingerprint density at radius 1 is 1.24 bits per heavy atom. The first-order chi connectivity index (χ1) is 11.8. The second kappa shape index (κ2) is 6.57. The molecule has 1 fully saturated rings. The van der Waals surface area contributed by atoms with Gasteiger partial charge in [-0.3, -0.25) is 9.63 Å². The summed E-state index contributed by atoms with van der Waals surface area (Å²) in [7, 11) is -3.23. The van der Waals surface area contributed by atoms with Crippen molar-refractivity contribution in [2.45, 2.75) is 13.8 Å². The molecule has 0 unspecified atom stereocenters. The van der Waals surface area contributed by atoms with Crippen LogP contribution in [0, 0.1) is 19.7 Å². The fraction of sp³-hybridized carbons (Fsp3) is 0.375. The van der Waals surface area contributed by atoms with E-state index in [-0.39, 0.29) is 35.9 Å². The Kier molecular flexibility index (Phi) is 4.61. The molecule has 1 amide bonds. The van der Waals surface area contributed by atoms with Crippen LogP contribution >= 0.6 is 0 Å². The molecule has 1 aliphatic heterocycles. The summed E-state index contributed by atoms with van der Waals surface area (Å²) in [5, 5.41) is 5.20. The SMILES string of the molecule is Cc1cc(C)n(-c2ccc(C(=O)N3CCS(=O)(=O)CCO3)cc2F)n1. The molecule has 1 aromatic heterocycles. The summed E-state index contributed by atoms with van der Waals surface area (Å²) in [6.45, 7) is 3.44. The molecule has 134 valence electrons. The van der Waals surface area contributed by atoms with E-state index in [2.05, 4.69) is 5.10 Å². The molecular formula is C16H18FN3O4S. The molecule has 9 heteroatoms. The monoisotopic (exact) mass is 367 g/mol. The van der Waals surface area contributed by atoms with Gasteiger partial charge in [-0.15, -0.1) is 0 Å². The predicted octanol–water partition coefficient (Wildman–Crippen LogP) is 1.43. The molecule has 7 nitrogen and oxygen atoms in total. The number of hydroxylamine groups is 2. The van der Waals surface area contributed by atoms with Gasteiger partial charge in [0.05, 0.1) is 30.4 Å². The van der Waals surface area contributed by atoms with E-state index in [1.807, 2.05) is 19.9 Å². The van der Waals surface area contributed by atoms with Crippen LogP contribution in [0.2, 0.25) is 0 Å². The zero-order valence-corrected chi connectivity index (χ0v) is 14.7. The molecule has 0 saturated carbocycles. The van der Waals surface area contributed by atoms with Crippen molar-refractivity contribution in [2.24, 2.45) is 0 Å². The van der Waals surface area contributed by atoms with Crippen LogP contribution in [-0.2, 0) is 14.7 Å². The summed E-state index contributed by atoms with van der Waals surface area (Å²) in [6, 6.07) is 5.87. The summed E-state index contributed by atoms with van der Waals surface area (Å²) < 4.78 is 39.1. The summed E-state index contributed by atoms with van der Waals surface area (Å²) >= 11 is 0. The van der Waals surface area contributed by atoms with Gasteiger partial charge in [0.15, 0.2) is 9.84 Å². The molecule has 0 N–H and O–H groups in total. The largest absolute Gasteiger partial charge is 0.277 e. The number of halogens is 1. The van der Waals surface area contributed by atoms with Crippen LogP contribution in [0.5, 0.6) is 0 Å². The lowest BCUT2D eigenvalue weighted by molar-refractivity contribution is -0.111. The number of hydrogen-bond donors (Lipinski definition) is 0. The van der Waals surface area contributed by atoms with E-state index in [0.29, 0.717) is 0 Å². The third-order valence-corrected chi connectivity index (χ3v) is 5.50. The number of carbonyl (C=O) groups is 1. The highest BCUT2D eigenvalue weighted by atomic mass is 32.2. The number of aromatic nitrogens is 2. The van der Waals surface area contributed by atoms with E-state index < -0.39 is 21.6 Å². The molecule has 1 saturated heterocycles. The highest BCUT2D eigenvalue weighted by Gasteiger charge is 2.25. The third kappa shape index (κ3) is 3.72. The number of sulfone groups is 1. The Hall–Kier alpha value is -2.26. The summed E-state index contributed by atoms with van der Waals surface area (Å²) in [5.74, 6) is -1.48. The van der Waals surface area contributed by atoms with Crippen LogP contribution in [0.3, 0.4) is 0 Å². The summed E-state index contributed by atoms with van der Waals surface area (Å²) in [4.78, 5) is 17.6. The third-order valence-electron chi connectivity index (χ3n) is 3.91. The smallest absolute Gasteiger partial charge is 0.270 e. The molecule has 0 radical (unpaired) electrons. The highest BCUT2D eigenvalue weighted by molar-refractivity contribution is 7.91. The lowest BCUT2D eigenvalue weighted by atomic mass is 10.1. The molecule has 0 aliphatic carbocycles. The molecule has 0 spiro atoms. The number of nitrogens with zero attached hydrogens (tertiary/aromatic N) is 3. The molecule has 2 aromatic rings. The van der Waals surface area contributed by atoms with Crippen molar-refractivity contribution in [3.63, 3.8) is 0 Å². The Morgan fingerprint density at radius 2 is 2.00 bits per heavy atom. The van der Waals surface area contributed by atoms with Crippen LogP contribution in [-0.4, -0.2) is 53.8 Å². The lowest BCUT2D eigenvalue weighted by Crippen LogP contribution is -2.33. The van der Waals surface area contributed by atoms with Crippen molar-refractivity contribution in [1.82, 2.24) is 14.8 Å². The Labute approximate surface area is 144 Å². The van der Waals surface area contributed by atoms with E-state index in [0.717, 1.165) is 22.5 Å². The van der Waals surface area contributed by atoms with Crippen molar-refractivity contribution < 1.29 is 22.4 Å². The maximum absolute atomic E-state index is 14.5. The van der Waals surface area contributed by atoms with Gasteiger partial charge in [0.2, 0.25) is 0 Å². The minimum absolute atomic E-state index is 0.0814. The fourth-order valence-electron chi connectivity index (χ4n) is 2.65. The average molecular weight is 367 g/mol. The molecule has 3 rings (SSSR count). The lowest BCUT2D eigenvalue weighted by Gasteiger charge is -2.19. The van der Waals surface area contributed by atoms with E-state index in [1.54, 1.807) is 0 Å². The van der Waals surface area contributed by atoms with Crippen molar-refractivity contribution >= 4 is 15.7 Å². The van der Waals surface area contributed by atoms with Crippen molar-refractivity contribution in [3.05, 3.63) is 47.0 Å². The number of rotatable bonds is 2. The average Bonchev–Trinajstić information content (AvgIpc) is 2.76. The van der Waals surface area contributed by atoms with Gasteiger partial charge in [0.25, 0.3) is 5.91 Å². The van der Waals surface area contributed by atoms with Gasteiger partial charge in [-0.05, 0) is 38.1 Å². The van der Waals surface area contributed by atoms with Gasteiger partial charge < -0.3 is 0 Å². The topological polar surface area (TPSA) is 81.5 Å². The van der Waals surface area contributed by atoms with Crippen LogP contribution < -0.4 is 0 Å². The Morgan fingerprint density at radius 3 is 2.64 bits per heavy atom. The molecule has 1 aromatic carbocycles. The van der Waals surface area contributed by atoms with Crippen molar-refractivity contribution in [2.75, 3.05) is 24.7 Å². The Bertz CT molecular complexity index is 923. The molecule has 1 aliphatic rings. The number of amides is 1. The standard InChI is InChI=1S/C16H18FN3O4S/c1-11-9-12(2)20(18-11)15-4-3-13(10-14(15)17)16(21)19-5-7-25(22,23)8-6-24-19/h3-4,9-10H,5-8H2,1-2H3. The minimum atomic E-state index is -3.23. The zero-order chi connectivity index (χ0) is 18.2. The van der Waals surface area contributed by atoms with Gasteiger partial charge >= 0.3 is 0 Å². The molecule has 0 atom stereocenters. The number of benzene rings is 1. The normalized spacial score (nSPS) is 17.3. The fourth-order valence-corrected chi connectivity index (χ4v) is 3.63. The van der Waals surface area contributed by atoms with E-state index in [1.165, 1.54) is 16.8 Å². The van der Waals surface area contributed by atoms with Gasteiger partial charge in [-0.1, -0.05) is 0 Å². The van der Waals surface area contributed by atoms with Crippen LogP contribution in [0.4, 0.5) is 4.39 Å². The second-order valence-electron chi connectivity index (χ2n) is 5.90. The van der Waals surface area contributed by atoms with Gasteiger partial charge in [0.1, 0.15) is 11.5 Å². The molecule has 0 bridgehead atoms. The van der Waals surface area contributed by atoms with Crippen LogP contribution in [0.15, 0.2) is 24.3 Å². The maximum atomic E-state index is 14.5. The zero-order valence-electron chi connectivity index (χ0n) is 13.9. The minimum Gasteiger partial charge on any atom is -0.270 e. The predicted molar refractivity (Wildman–Crippen MR) is 88.6 cm³/mol. The summed E-state index contributed by atoms with van der Waals surface area (Å²) in [6.07, 6.45) is 0. The van der Waals surface area contributed by atoms with Crippen LogP contribution in [0.25, 0.3) is 5.69 Å². The van der Waals surface area contributed by atoms with Crippen LogP contribution in [0.1, 0.15) is 21.7 Å². The first-order valence-electron chi connectivity index (χ1n) is 7.75. The molecular weight excluding hydrogens is 349 g/mol. The Balaban J connectivity index is 1.85. The maximum Gasteiger partial charge on any atom is 0.277 e. The van der Waals surface area contributed by atoms with E-state index >= 15 is 0 Å². The number of aryl methyl sites for hydroxylation is 2. The summed E-state index contributed by atoms with van der Waals surface area (Å²) in [5.41, 5.74) is 1.86. The second-order valence-corrected chi connectivity index (χ2v) is 8.20. The number of hydrogen-bond acceptors (Lipinski definition) is 5. The van der Waals surface area contributed by atoms with Gasteiger partial charge in [-0.2, -0.15) is 5.10 Å². The number of carbonyl (C=O) groups excluding carboxylic acids is 1. The van der Waals surface area contributed by atoms with Gasteiger partial charge in [-0.25, -0.2) is 22.6 Å². The first kappa shape index (κ1) is 17.6. The molecule has 2 heterocycles. The quantitative estimate of drug-likeness (QED) is 0.802. The molecule has 25 heavy (non-hydrogen) atoms. The van der Waals surface area contributed by atoms with Gasteiger partial charge in [0, 0.05) is 11.3 Å². The highest BCUT2D eigenvalue weighted by Crippen LogP contribution is 2.19. The van der Waals surface area contributed by atoms with E-state index in [4.69, 9.17) is 4.84 Å².